The van der Waals surface area contributed by atoms with Crippen LogP contribution in [0.25, 0.3) is 11.2 Å². The Labute approximate surface area is 145 Å². The van der Waals surface area contributed by atoms with E-state index in [1.54, 1.807) is 12.7 Å². The molecule has 0 spiro atoms. The highest BCUT2D eigenvalue weighted by Crippen LogP contribution is 2.23. The topological polar surface area (TPSA) is 83.1 Å². The first-order chi connectivity index (χ1) is 12.2. The molecule has 4 rings (SSSR count). The maximum Gasteiger partial charge on any atom is 0.215 e. The van der Waals surface area contributed by atoms with Gasteiger partial charge >= 0.3 is 0 Å². The number of piperazine rings is 1. The third-order valence-corrected chi connectivity index (χ3v) is 4.17. The molecule has 8 heteroatoms. The number of hydrogen-bond donors (Lipinski definition) is 1. The number of fused-ring (bicyclic) bond motifs is 1. The second-order valence-corrected chi connectivity index (χ2v) is 6.27. The number of anilines is 2. The Balaban J connectivity index is 1.47. The van der Waals surface area contributed by atoms with Gasteiger partial charge in [0.05, 0.1) is 12.4 Å². The fraction of sp³-hybridized carbons (Fsp3) is 0.412. The van der Waals surface area contributed by atoms with E-state index in [0.29, 0.717) is 11.5 Å². The van der Waals surface area contributed by atoms with Gasteiger partial charge in [0.2, 0.25) is 5.88 Å². The molecule has 3 aromatic rings. The molecule has 130 valence electrons. The van der Waals surface area contributed by atoms with Gasteiger partial charge in [0.15, 0.2) is 11.5 Å². The number of nitrogens with zero attached hydrogens (tertiary/aromatic N) is 6. The van der Waals surface area contributed by atoms with Crippen LogP contribution in [0.5, 0.6) is 5.88 Å². The molecule has 1 saturated heterocycles. The fourth-order valence-electron chi connectivity index (χ4n) is 3.03. The highest BCUT2D eigenvalue weighted by atomic mass is 16.5. The van der Waals surface area contributed by atoms with E-state index in [-0.39, 0.29) is 6.10 Å². The number of pyridine rings is 1. The van der Waals surface area contributed by atoms with Gasteiger partial charge in [-0.1, -0.05) is 6.07 Å². The molecule has 1 aliphatic rings. The first-order valence-corrected chi connectivity index (χ1v) is 8.48. The van der Waals surface area contributed by atoms with Gasteiger partial charge in [-0.05, 0) is 19.9 Å². The van der Waals surface area contributed by atoms with Crippen molar-refractivity contribution in [1.82, 2.24) is 24.9 Å². The molecule has 0 aliphatic carbocycles. The highest BCUT2D eigenvalue weighted by Gasteiger charge is 2.21. The van der Waals surface area contributed by atoms with E-state index in [4.69, 9.17) is 4.74 Å². The van der Waals surface area contributed by atoms with E-state index in [0.717, 1.165) is 43.3 Å². The Morgan fingerprint density at radius 2 is 1.84 bits per heavy atom. The number of hydrogen-bond acceptors (Lipinski definition) is 7. The van der Waals surface area contributed by atoms with E-state index >= 15 is 0 Å². The van der Waals surface area contributed by atoms with Crippen molar-refractivity contribution in [1.29, 1.82) is 0 Å². The second kappa shape index (κ2) is 6.54. The van der Waals surface area contributed by atoms with Crippen molar-refractivity contribution in [2.24, 2.45) is 0 Å². The molecule has 0 bridgehead atoms. The Kier molecular flexibility index (Phi) is 4.09. The summed E-state index contributed by atoms with van der Waals surface area (Å²) in [6, 6.07) is 5.92. The summed E-state index contributed by atoms with van der Waals surface area (Å²) in [6.07, 6.45) is 3.34. The quantitative estimate of drug-likeness (QED) is 0.777. The van der Waals surface area contributed by atoms with Crippen molar-refractivity contribution in [2.75, 3.05) is 36.0 Å². The Morgan fingerprint density at radius 3 is 2.64 bits per heavy atom. The van der Waals surface area contributed by atoms with E-state index in [1.165, 1.54) is 0 Å². The number of aromatic amines is 1. The van der Waals surface area contributed by atoms with Crippen LogP contribution < -0.4 is 14.5 Å². The number of nitrogens with one attached hydrogen (secondary N) is 1. The van der Waals surface area contributed by atoms with Gasteiger partial charge in [0.1, 0.15) is 17.7 Å². The maximum absolute atomic E-state index is 5.70. The molecule has 1 N–H and O–H groups in total. The van der Waals surface area contributed by atoms with E-state index in [9.17, 15) is 0 Å². The Hall–Kier alpha value is -2.90. The molecule has 0 aromatic carbocycles. The van der Waals surface area contributed by atoms with Crippen molar-refractivity contribution in [2.45, 2.75) is 20.0 Å². The summed E-state index contributed by atoms with van der Waals surface area (Å²) in [5.41, 5.74) is 1.59. The molecular formula is C17H21N7O. The third-order valence-electron chi connectivity index (χ3n) is 4.17. The molecule has 3 aromatic heterocycles. The lowest BCUT2D eigenvalue weighted by atomic mass is 10.3. The molecule has 0 atom stereocenters. The number of imidazole rings is 1. The smallest absolute Gasteiger partial charge is 0.215 e. The van der Waals surface area contributed by atoms with Crippen molar-refractivity contribution in [3.8, 4) is 5.88 Å². The first-order valence-electron chi connectivity index (χ1n) is 8.48. The molecule has 1 aliphatic heterocycles. The summed E-state index contributed by atoms with van der Waals surface area (Å²) in [6.45, 7) is 7.48. The van der Waals surface area contributed by atoms with Crippen molar-refractivity contribution < 1.29 is 4.74 Å². The highest BCUT2D eigenvalue weighted by molar-refractivity contribution is 5.82. The van der Waals surface area contributed by atoms with Crippen LogP contribution in [-0.4, -0.2) is 57.2 Å². The summed E-state index contributed by atoms with van der Waals surface area (Å²) < 4.78 is 5.70. The lowest BCUT2D eigenvalue weighted by Crippen LogP contribution is -2.47. The number of ether oxygens (including phenoxy) is 1. The van der Waals surface area contributed by atoms with Gasteiger partial charge < -0.3 is 19.5 Å². The number of rotatable bonds is 4. The van der Waals surface area contributed by atoms with Crippen molar-refractivity contribution in [3.63, 3.8) is 0 Å². The van der Waals surface area contributed by atoms with Gasteiger partial charge in [-0.3, -0.25) is 0 Å². The maximum atomic E-state index is 5.70. The molecular weight excluding hydrogens is 318 g/mol. The lowest BCUT2D eigenvalue weighted by Gasteiger charge is -2.36. The fourth-order valence-corrected chi connectivity index (χ4v) is 3.03. The molecule has 8 nitrogen and oxygen atoms in total. The number of aromatic nitrogens is 5. The Morgan fingerprint density at radius 1 is 1.04 bits per heavy atom. The normalized spacial score (nSPS) is 15.2. The summed E-state index contributed by atoms with van der Waals surface area (Å²) in [5, 5.41) is 0. The molecule has 0 unspecified atom stereocenters. The summed E-state index contributed by atoms with van der Waals surface area (Å²) in [7, 11) is 0. The predicted octanol–water partition coefficient (Wildman–Crippen LogP) is 1.86. The average Bonchev–Trinajstić information content (AvgIpc) is 3.10. The zero-order valence-corrected chi connectivity index (χ0v) is 14.4. The second-order valence-electron chi connectivity index (χ2n) is 6.27. The molecule has 4 heterocycles. The van der Waals surface area contributed by atoms with Crippen LogP contribution in [0, 0.1) is 0 Å². The standard InChI is InChI=1S/C17H21N7O/c1-12(2)25-14-5-3-4-13(22-14)23-6-8-24(9-7-23)17-15-16(19-10-18-15)20-11-21-17/h3-5,10-12H,6-9H2,1-2H3,(H,18,19,20,21). The van der Waals surface area contributed by atoms with E-state index < -0.39 is 0 Å². The zero-order chi connectivity index (χ0) is 17.2. The van der Waals surface area contributed by atoms with Gasteiger partial charge in [-0.2, -0.15) is 4.98 Å². The molecule has 1 fully saturated rings. The van der Waals surface area contributed by atoms with Crippen LogP contribution in [0.3, 0.4) is 0 Å². The predicted molar refractivity (Wildman–Crippen MR) is 96.1 cm³/mol. The van der Waals surface area contributed by atoms with Crippen LogP contribution in [0.15, 0.2) is 30.9 Å². The molecule has 25 heavy (non-hydrogen) atoms. The van der Waals surface area contributed by atoms with Gasteiger partial charge in [-0.25, -0.2) is 15.0 Å². The van der Waals surface area contributed by atoms with Gasteiger partial charge in [0.25, 0.3) is 0 Å². The lowest BCUT2D eigenvalue weighted by molar-refractivity contribution is 0.233. The number of H-pyrrole nitrogens is 1. The molecule has 0 radical (unpaired) electrons. The van der Waals surface area contributed by atoms with Crippen LogP contribution >= 0.6 is 0 Å². The minimum absolute atomic E-state index is 0.120. The minimum Gasteiger partial charge on any atom is -0.475 e. The Bertz CT molecular complexity index is 855. The largest absolute Gasteiger partial charge is 0.475 e. The van der Waals surface area contributed by atoms with E-state index in [1.807, 2.05) is 32.0 Å². The van der Waals surface area contributed by atoms with Crippen LogP contribution in [-0.2, 0) is 0 Å². The first kappa shape index (κ1) is 15.6. The minimum atomic E-state index is 0.120. The van der Waals surface area contributed by atoms with Crippen LogP contribution in [0.1, 0.15) is 13.8 Å². The zero-order valence-electron chi connectivity index (χ0n) is 14.4. The average molecular weight is 339 g/mol. The van der Waals surface area contributed by atoms with Crippen LogP contribution in [0.4, 0.5) is 11.6 Å². The van der Waals surface area contributed by atoms with Crippen molar-refractivity contribution in [3.05, 3.63) is 30.9 Å². The van der Waals surface area contributed by atoms with Crippen LogP contribution in [0.2, 0.25) is 0 Å². The van der Waals surface area contributed by atoms with Gasteiger partial charge in [0, 0.05) is 32.2 Å². The monoisotopic (exact) mass is 339 g/mol. The third kappa shape index (κ3) is 3.19. The molecule has 0 amide bonds. The van der Waals surface area contributed by atoms with E-state index in [2.05, 4.69) is 34.7 Å². The summed E-state index contributed by atoms with van der Waals surface area (Å²) in [4.78, 5) is 25.1. The van der Waals surface area contributed by atoms with Crippen molar-refractivity contribution >= 4 is 22.8 Å². The summed E-state index contributed by atoms with van der Waals surface area (Å²) in [5.74, 6) is 2.53. The molecule has 0 saturated carbocycles. The summed E-state index contributed by atoms with van der Waals surface area (Å²) >= 11 is 0. The van der Waals surface area contributed by atoms with Gasteiger partial charge in [-0.15, -0.1) is 0 Å². The SMILES string of the molecule is CC(C)Oc1cccc(N2CCN(c3ncnc4nc[nH]c34)CC2)n1.